The molecule has 1 radical (unpaired) electrons. The maximum atomic E-state index is 13.4. The first kappa shape index (κ1) is 14.8. The van der Waals surface area contributed by atoms with Crippen molar-refractivity contribution < 1.29 is 13.9 Å². The normalized spacial score (nSPS) is 18.9. The van der Waals surface area contributed by atoms with Gasteiger partial charge in [-0.05, 0) is 63.3 Å². The first-order valence-corrected chi connectivity index (χ1v) is 7.05. The predicted molar refractivity (Wildman–Crippen MR) is 74.9 cm³/mol. The van der Waals surface area contributed by atoms with E-state index in [4.69, 9.17) is 4.74 Å². The third-order valence-electron chi connectivity index (χ3n) is 3.29. The maximum absolute atomic E-state index is 13.4. The summed E-state index contributed by atoms with van der Waals surface area (Å²) in [6.45, 7) is 5.47. The molecule has 1 atom stereocenters. The fourth-order valence-corrected chi connectivity index (χ4v) is 2.47. The van der Waals surface area contributed by atoms with Crippen molar-refractivity contribution in [1.82, 2.24) is 5.32 Å². The fourth-order valence-electron chi connectivity index (χ4n) is 2.47. The minimum Gasteiger partial charge on any atom is -0.444 e. The van der Waals surface area contributed by atoms with Crippen LogP contribution in [0.3, 0.4) is 0 Å². The van der Waals surface area contributed by atoms with Crippen LogP contribution in [0.2, 0.25) is 0 Å². The Morgan fingerprint density at radius 1 is 1.45 bits per heavy atom. The van der Waals surface area contributed by atoms with E-state index >= 15 is 0 Å². The van der Waals surface area contributed by atoms with Crippen molar-refractivity contribution in [2.24, 2.45) is 0 Å². The highest BCUT2D eigenvalue weighted by molar-refractivity contribution is 5.68. The van der Waals surface area contributed by atoms with Gasteiger partial charge in [0.15, 0.2) is 0 Å². The zero-order chi connectivity index (χ0) is 14.8. The van der Waals surface area contributed by atoms with Crippen LogP contribution in [0.5, 0.6) is 0 Å². The number of nitrogens with one attached hydrogen (secondary N) is 1. The SMILES string of the molecule is CC(C)(C)OC(=O)N[C@@H]1CCCCc2c[c]c(F)cc21. The molecule has 0 heterocycles. The second-order valence-corrected chi connectivity index (χ2v) is 6.21. The van der Waals surface area contributed by atoms with Gasteiger partial charge in [-0.15, -0.1) is 0 Å². The molecule has 0 bridgehead atoms. The molecule has 1 aromatic carbocycles. The van der Waals surface area contributed by atoms with E-state index in [0.717, 1.165) is 36.8 Å². The number of alkyl carbamates (subject to hydrolysis) is 1. The highest BCUT2D eigenvalue weighted by Gasteiger charge is 2.24. The number of amides is 1. The third-order valence-corrected chi connectivity index (χ3v) is 3.29. The molecule has 4 heteroatoms. The first-order valence-electron chi connectivity index (χ1n) is 7.05. The van der Waals surface area contributed by atoms with E-state index in [2.05, 4.69) is 11.4 Å². The van der Waals surface area contributed by atoms with Crippen LogP contribution in [0.25, 0.3) is 0 Å². The molecule has 0 aliphatic heterocycles. The van der Waals surface area contributed by atoms with Crippen molar-refractivity contribution in [2.75, 3.05) is 0 Å². The van der Waals surface area contributed by atoms with Crippen LogP contribution >= 0.6 is 0 Å². The van der Waals surface area contributed by atoms with Gasteiger partial charge < -0.3 is 10.1 Å². The van der Waals surface area contributed by atoms with Gasteiger partial charge >= 0.3 is 6.09 Å². The molecule has 1 aliphatic carbocycles. The van der Waals surface area contributed by atoms with Gasteiger partial charge in [0, 0.05) is 6.07 Å². The lowest BCUT2D eigenvalue weighted by atomic mass is 9.99. The molecule has 0 saturated heterocycles. The van der Waals surface area contributed by atoms with Crippen molar-refractivity contribution in [2.45, 2.75) is 58.1 Å². The van der Waals surface area contributed by atoms with Crippen molar-refractivity contribution in [3.05, 3.63) is 35.1 Å². The van der Waals surface area contributed by atoms with Gasteiger partial charge in [-0.2, -0.15) is 0 Å². The van der Waals surface area contributed by atoms with Crippen LogP contribution < -0.4 is 5.32 Å². The molecule has 0 aromatic heterocycles. The van der Waals surface area contributed by atoms with Gasteiger partial charge in [0.1, 0.15) is 11.4 Å². The highest BCUT2D eigenvalue weighted by atomic mass is 19.1. The van der Waals surface area contributed by atoms with E-state index in [0.29, 0.717) is 0 Å². The Kier molecular flexibility index (Phi) is 4.31. The summed E-state index contributed by atoms with van der Waals surface area (Å²) in [4.78, 5) is 11.9. The molecule has 1 aliphatic rings. The zero-order valence-corrected chi connectivity index (χ0v) is 12.3. The topological polar surface area (TPSA) is 38.3 Å². The molecule has 1 N–H and O–H groups in total. The van der Waals surface area contributed by atoms with E-state index in [1.165, 1.54) is 6.07 Å². The van der Waals surface area contributed by atoms with Crippen LogP contribution in [0.4, 0.5) is 9.18 Å². The standard InChI is InChI=1S/C16H21FNO2/c1-16(2,3)20-15(19)18-14-7-5-4-6-11-8-9-12(17)10-13(11)14/h8,10,14H,4-7H2,1-3H3,(H,18,19)/t14-/m1/s1. The highest BCUT2D eigenvalue weighted by Crippen LogP contribution is 2.29. The van der Waals surface area contributed by atoms with Crippen LogP contribution in [0, 0.1) is 11.9 Å². The molecular formula is C16H21FNO2. The van der Waals surface area contributed by atoms with E-state index in [9.17, 15) is 9.18 Å². The van der Waals surface area contributed by atoms with Crippen LogP contribution in [0.1, 0.15) is 57.2 Å². The van der Waals surface area contributed by atoms with Gasteiger partial charge in [0.25, 0.3) is 0 Å². The van der Waals surface area contributed by atoms with Gasteiger partial charge in [0.05, 0.1) is 6.04 Å². The second-order valence-electron chi connectivity index (χ2n) is 6.21. The molecule has 0 saturated carbocycles. The van der Waals surface area contributed by atoms with Crippen LogP contribution in [0.15, 0.2) is 12.1 Å². The molecular weight excluding hydrogens is 257 g/mol. The number of rotatable bonds is 1. The number of carbonyl (C=O) groups is 1. The fraction of sp³-hybridized carbons (Fsp3) is 0.562. The largest absolute Gasteiger partial charge is 0.444 e. The average molecular weight is 278 g/mol. The van der Waals surface area contributed by atoms with Crippen molar-refractivity contribution in [1.29, 1.82) is 0 Å². The smallest absolute Gasteiger partial charge is 0.408 e. The molecule has 0 spiro atoms. The van der Waals surface area contributed by atoms with Gasteiger partial charge in [0.2, 0.25) is 0 Å². The van der Waals surface area contributed by atoms with Crippen molar-refractivity contribution in [3.8, 4) is 0 Å². The lowest BCUT2D eigenvalue weighted by molar-refractivity contribution is 0.0501. The quantitative estimate of drug-likeness (QED) is 0.791. The Hall–Kier alpha value is -1.58. The summed E-state index contributed by atoms with van der Waals surface area (Å²) in [7, 11) is 0. The van der Waals surface area contributed by atoms with Gasteiger partial charge in [-0.3, -0.25) is 0 Å². The number of ether oxygens (including phenoxy) is 1. The molecule has 0 fully saturated rings. The first-order chi connectivity index (χ1) is 9.35. The molecule has 1 amide bonds. The number of hydrogen-bond acceptors (Lipinski definition) is 2. The van der Waals surface area contributed by atoms with E-state index < -0.39 is 11.7 Å². The molecule has 1 aromatic rings. The van der Waals surface area contributed by atoms with Crippen LogP contribution in [-0.2, 0) is 11.2 Å². The zero-order valence-electron chi connectivity index (χ0n) is 12.3. The summed E-state index contributed by atoms with van der Waals surface area (Å²) >= 11 is 0. The number of hydrogen-bond donors (Lipinski definition) is 1. The molecule has 109 valence electrons. The average Bonchev–Trinajstić information content (AvgIpc) is 2.49. The van der Waals surface area contributed by atoms with Crippen molar-refractivity contribution >= 4 is 6.09 Å². The molecule has 0 unspecified atom stereocenters. The lowest BCUT2D eigenvalue weighted by Crippen LogP contribution is -2.35. The monoisotopic (exact) mass is 278 g/mol. The predicted octanol–water partition coefficient (Wildman–Crippen LogP) is 3.92. The Bertz CT molecular complexity index is 494. The van der Waals surface area contributed by atoms with E-state index in [1.54, 1.807) is 6.07 Å². The summed E-state index contributed by atoms with van der Waals surface area (Å²) in [6.07, 6.45) is 3.29. The summed E-state index contributed by atoms with van der Waals surface area (Å²) in [6, 6.07) is 5.57. The van der Waals surface area contributed by atoms with Crippen LogP contribution in [-0.4, -0.2) is 11.7 Å². The van der Waals surface area contributed by atoms with E-state index in [1.807, 2.05) is 20.8 Å². The Morgan fingerprint density at radius 3 is 2.90 bits per heavy atom. The number of aryl methyl sites for hydroxylation is 1. The lowest BCUT2D eigenvalue weighted by Gasteiger charge is -2.24. The number of carbonyl (C=O) groups excluding carboxylic acids is 1. The summed E-state index contributed by atoms with van der Waals surface area (Å²) in [5.74, 6) is -0.387. The van der Waals surface area contributed by atoms with Crippen molar-refractivity contribution in [3.63, 3.8) is 0 Å². The molecule has 2 rings (SSSR count). The molecule has 20 heavy (non-hydrogen) atoms. The minimum atomic E-state index is -0.534. The summed E-state index contributed by atoms with van der Waals surface area (Å²) < 4.78 is 18.7. The number of halogens is 1. The molecule has 3 nitrogen and oxygen atoms in total. The second kappa shape index (κ2) is 5.81. The third kappa shape index (κ3) is 3.95. The Balaban J connectivity index is 2.16. The summed E-state index contributed by atoms with van der Waals surface area (Å²) in [5, 5.41) is 2.86. The Labute approximate surface area is 119 Å². The minimum absolute atomic E-state index is 0.188. The van der Waals surface area contributed by atoms with E-state index in [-0.39, 0.29) is 11.9 Å². The van der Waals surface area contributed by atoms with Gasteiger partial charge in [-0.1, -0.05) is 6.42 Å². The maximum Gasteiger partial charge on any atom is 0.408 e. The van der Waals surface area contributed by atoms with Gasteiger partial charge in [-0.25, -0.2) is 9.18 Å². The number of benzene rings is 1. The summed E-state index contributed by atoms with van der Waals surface area (Å²) in [5.41, 5.74) is 1.38. The number of fused-ring (bicyclic) bond motifs is 1. The Morgan fingerprint density at radius 2 is 2.20 bits per heavy atom.